The van der Waals surface area contributed by atoms with E-state index in [9.17, 15) is 18.8 Å². The number of hydrogen-bond acceptors (Lipinski definition) is 4. The molecular formula is C34H25FN2O3. The van der Waals surface area contributed by atoms with Crippen LogP contribution in [0.5, 0.6) is 0 Å². The van der Waals surface area contributed by atoms with Gasteiger partial charge < -0.3 is 10.2 Å². The second-order valence-electron chi connectivity index (χ2n) is 10.7. The molecule has 0 bridgehead atoms. The number of anilines is 1. The normalized spacial score (nSPS) is 23.9. The van der Waals surface area contributed by atoms with Crippen LogP contribution in [0, 0.1) is 18.7 Å². The van der Waals surface area contributed by atoms with Gasteiger partial charge in [-0.3, -0.25) is 14.4 Å². The Morgan fingerprint density at radius 2 is 1.48 bits per heavy atom. The smallest absolute Gasteiger partial charge is 0.238 e. The van der Waals surface area contributed by atoms with Gasteiger partial charge in [0.05, 0.1) is 12.0 Å². The molecule has 4 atom stereocenters. The molecule has 1 saturated heterocycles. The first-order valence-corrected chi connectivity index (χ1v) is 13.3. The van der Waals surface area contributed by atoms with E-state index in [1.54, 1.807) is 12.1 Å². The number of para-hydroxylation sites is 1. The molecule has 40 heavy (non-hydrogen) atoms. The Hall–Kier alpha value is -4.84. The molecule has 3 heterocycles. The topological polar surface area (TPSA) is 66.5 Å². The summed E-state index contributed by atoms with van der Waals surface area (Å²) in [4.78, 5) is 45.4. The minimum atomic E-state index is -1.39. The molecule has 1 amide bonds. The molecule has 6 heteroatoms. The molecule has 0 aromatic heterocycles. The number of nitrogens with zero attached hydrogens (tertiary/aromatic N) is 1. The molecule has 0 radical (unpaired) electrons. The van der Waals surface area contributed by atoms with Crippen LogP contribution in [0.4, 0.5) is 10.1 Å². The predicted octanol–water partition coefficient (Wildman–Crippen LogP) is 6.12. The number of carbonyl (C=O) groups excluding carboxylic acids is 3. The summed E-state index contributed by atoms with van der Waals surface area (Å²) < 4.78 is 13.8. The van der Waals surface area contributed by atoms with Gasteiger partial charge in [-0.1, -0.05) is 72.3 Å². The number of aryl methyl sites for hydroxylation is 1. The zero-order valence-electron chi connectivity index (χ0n) is 21.7. The molecule has 196 valence electrons. The van der Waals surface area contributed by atoms with Gasteiger partial charge in [-0.25, -0.2) is 4.39 Å². The number of ketones is 2. The van der Waals surface area contributed by atoms with E-state index in [0.29, 0.717) is 16.8 Å². The van der Waals surface area contributed by atoms with Crippen molar-refractivity contribution < 1.29 is 18.8 Å². The highest BCUT2D eigenvalue weighted by Crippen LogP contribution is 2.62. The van der Waals surface area contributed by atoms with E-state index in [-0.39, 0.29) is 23.0 Å². The Kier molecular flexibility index (Phi) is 5.36. The molecule has 1 fully saturated rings. The Balaban J connectivity index is 1.53. The van der Waals surface area contributed by atoms with Crippen LogP contribution in [-0.2, 0) is 10.2 Å². The van der Waals surface area contributed by atoms with E-state index >= 15 is 0 Å². The average molecular weight is 529 g/mol. The lowest BCUT2D eigenvalue weighted by Gasteiger charge is -2.38. The summed E-state index contributed by atoms with van der Waals surface area (Å²) in [6, 6.07) is 26.2. The summed E-state index contributed by atoms with van der Waals surface area (Å²) in [5.74, 6) is -2.45. The molecule has 0 aliphatic carbocycles. The Bertz CT molecular complexity index is 1730. The zero-order valence-corrected chi connectivity index (χ0v) is 21.7. The van der Waals surface area contributed by atoms with Crippen molar-refractivity contribution in [3.05, 3.63) is 142 Å². The molecule has 3 aliphatic rings. The van der Waals surface area contributed by atoms with Crippen LogP contribution in [0.15, 0.2) is 103 Å². The number of hydrogen-bond donors (Lipinski definition) is 1. The third kappa shape index (κ3) is 3.29. The molecular weight excluding hydrogens is 503 g/mol. The monoisotopic (exact) mass is 528 g/mol. The lowest BCUT2D eigenvalue weighted by atomic mass is 9.62. The van der Waals surface area contributed by atoms with Crippen molar-refractivity contribution in [1.82, 2.24) is 4.90 Å². The fraction of sp³-hybridized carbons (Fsp3) is 0.147. The van der Waals surface area contributed by atoms with Crippen LogP contribution < -0.4 is 5.32 Å². The Labute approximate surface area is 231 Å². The third-order valence-electron chi connectivity index (χ3n) is 8.59. The largest absolute Gasteiger partial charge is 0.358 e. The number of Topliss-reactive ketones (excluding diaryl/α,β-unsaturated/α-hetero) is 2. The van der Waals surface area contributed by atoms with Gasteiger partial charge in [-0.15, -0.1) is 0 Å². The number of nitrogens with one attached hydrogen (secondary N) is 1. The first kappa shape index (κ1) is 24.2. The second-order valence-corrected chi connectivity index (χ2v) is 10.7. The van der Waals surface area contributed by atoms with Gasteiger partial charge in [0.15, 0.2) is 11.6 Å². The van der Waals surface area contributed by atoms with Crippen molar-refractivity contribution in [2.45, 2.75) is 24.4 Å². The minimum Gasteiger partial charge on any atom is -0.358 e. The van der Waals surface area contributed by atoms with Crippen LogP contribution >= 0.6 is 0 Å². The number of benzene rings is 4. The Morgan fingerprint density at radius 3 is 2.25 bits per heavy atom. The molecule has 3 aliphatic heterocycles. The highest BCUT2D eigenvalue weighted by Gasteiger charge is 2.70. The van der Waals surface area contributed by atoms with Crippen LogP contribution in [0.3, 0.4) is 0 Å². The molecule has 0 unspecified atom stereocenters. The van der Waals surface area contributed by atoms with Crippen LogP contribution in [-0.4, -0.2) is 28.4 Å². The molecule has 4 aromatic carbocycles. The summed E-state index contributed by atoms with van der Waals surface area (Å²) in [5, 5.41) is 3.04. The molecule has 4 aromatic rings. The van der Waals surface area contributed by atoms with Crippen molar-refractivity contribution in [2.24, 2.45) is 5.92 Å². The minimum absolute atomic E-state index is 0.280. The van der Waals surface area contributed by atoms with Gasteiger partial charge in [0.2, 0.25) is 5.91 Å². The summed E-state index contributed by atoms with van der Waals surface area (Å²) in [6.07, 6.45) is 3.75. The van der Waals surface area contributed by atoms with Gasteiger partial charge in [0.25, 0.3) is 0 Å². The standard InChI is InChI=1S/C34H25FN2O3/c1-20-10-12-22(13-11-20)30(38)28-29(31(39)23-14-16-24(35)17-15-23)37-19-18-21-6-2-3-7-25(21)32(37)34(28)26-8-4-5-9-27(26)36-33(34)40/h2-19,28-29,32H,1H3,(H,36,40)/t28-,29-,32+,34+/m0/s1. The van der Waals surface area contributed by atoms with E-state index in [2.05, 4.69) is 5.32 Å². The lowest BCUT2D eigenvalue weighted by molar-refractivity contribution is -0.122. The van der Waals surface area contributed by atoms with Crippen LogP contribution in [0.25, 0.3) is 6.08 Å². The fourth-order valence-electron chi connectivity index (χ4n) is 6.85. The number of carbonyl (C=O) groups is 3. The summed E-state index contributed by atoms with van der Waals surface area (Å²) in [5.41, 5.74) is 3.44. The first-order chi connectivity index (χ1) is 19.4. The maximum Gasteiger partial charge on any atom is 0.238 e. The molecule has 5 nitrogen and oxygen atoms in total. The third-order valence-corrected chi connectivity index (χ3v) is 8.59. The van der Waals surface area contributed by atoms with Crippen molar-refractivity contribution in [3.63, 3.8) is 0 Å². The second kappa shape index (κ2) is 8.85. The molecule has 1 spiro atoms. The van der Waals surface area contributed by atoms with E-state index in [4.69, 9.17) is 0 Å². The van der Waals surface area contributed by atoms with E-state index in [1.165, 1.54) is 24.3 Å². The highest BCUT2D eigenvalue weighted by atomic mass is 19.1. The van der Waals surface area contributed by atoms with E-state index in [1.807, 2.05) is 84.8 Å². The number of halogens is 1. The molecule has 0 saturated carbocycles. The SMILES string of the molecule is Cc1ccc(C(=O)[C@@H]2[C@@H](C(=O)c3ccc(F)cc3)N3C=Cc4ccccc4[C@@H]3[C@]23C(=O)Nc2ccccc23)cc1. The summed E-state index contributed by atoms with van der Waals surface area (Å²) in [6.45, 7) is 1.94. The number of fused-ring (bicyclic) bond motifs is 6. The van der Waals surface area contributed by atoms with Crippen molar-refractivity contribution in [3.8, 4) is 0 Å². The average Bonchev–Trinajstić information content (AvgIpc) is 3.45. The molecule has 1 N–H and O–H groups in total. The van der Waals surface area contributed by atoms with Gasteiger partial charge in [0, 0.05) is 23.0 Å². The maximum absolute atomic E-state index is 14.7. The van der Waals surface area contributed by atoms with Crippen LogP contribution in [0.1, 0.15) is 49.0 Å². The zero-order chi connectivity index (χ0) is 27.6. The Morgan fingerprint density at radius 1 is 0.825 bits per heavy atom. The first-order valence-electron chi connectivity index (χ1n) is 13.3. The van der Waals surface area contributed by atoms with Gasteiger partial charge >= 0.3 is 0 Å². The van der Waals surface area contributed by atoms with Gasteiger partial charge in [-0.2, -0.15) is 0 Å². The lowest BCUT2D eigenvalue weighted by Crippen LogP contribution is -2.49. The number of amides is 1. The summed E-state index contributed by atoms with van der Waals surface area (Å²) >= 11 is 0. The van der Waals surface area contributed by atoms with Crippen molar-refractivity contribution in [1.29, 1.82) is 0 Å². The van der Waals surface area contributed by atoms with Crippen LogP contribution in [0.2, 0.25) is 0 Å². The fourth-order valence-corrected chi connectivity index (χ4v) is 6.85. The van der Waals surface area contributed by atoms with Crippen molar-refractivity contribution in [2.75, 3.05) is 5.32 Å². The quantitative estimate of drug-likeness (QED) is 0.324. The number of rotatable bonds is 4. The summed E-state index contributed by atoms with van der Waals surface area (Å²) in [7, 11) is 0. The van der Waals surface area contributed by atoms with Gasteiger partial charge in [0.1, 0.15) is 17.3 Å². The van der Waals surface area contributed by atoms with Gasteiger partial charge in [-0.05, 0) is 60.0 Å². The predicted molar refractivity (Wildman–Crippen MR) is 150 cm³/mol. The van der Waals surface area contributed by atoms with E-state index < -0.39 is 29.2 Å². The van der Waals surface area contributed by atoms with E-state index in [0.717, 1.165) is 16.7 Å². The maximum atomic E-state index is 14.7. The van der Waals surface area contributed by atoms with Crippen molar-refractivity contribution >= 4 is 29.2 Å². The molecule has 7 rings (SSSR count). The highest BCUT2D eigenvalue weighted by molar-refractivity contribution is 6.16.